The normalized spacial score (nSPS) is 18.8. The van der Waals surface area contributed by atoms with Gasteiger partial charge >= 0.3 is 0 Å². The van der Waals surface area contributed by atoms with Crippen LogP contribution in [0.3, 0.4) is 0 Å². The molecule has 1 saturated heterocycles. The number of aromatic nitrogens is 4. The lowest BCUT2D eigenvalue weighted by atomic mass is 9.87. The number of hydrogen-bond donors (Lipinski definition) is 2. The number of aryl methyl sites for hydroxylation is 3. The molecule has 1 aliphatic heterocycles. The van der Waals surface area contributed by atoms with E-state index in [0.717, 1.165) is 29.7 Å². The molecule has 1 aliphatic rings. The Labute approximate surface area is 188 Å². The summed E-state index contributed by atoms with van der Waals surface area (Å²) in [6, 6.07) is 5.91. The molecular formula is C24H32N6O2. The minimum absolute atomic E-state index is 0.122. The largest absolute Gasteiger partial charge is 0.354 e. The Morgan fingerprint density at radius 3 is 2.75 bits per heavy atom. The Morgan fingerprint density at radius 1 is 1.22 bits per heavy atom. The molecule has 2 amide bonds. The van der Waals surface area contributed by atoms with Crippen LogP contribution in [-0.2, 0) is 17.8 Å². The average molecular weight is 437 g/mol. The summed E-state index contributed by atoms with van der Waals surface area (Å²) in [6.45, 7) is 9.72. The number of likely N-dealkylation sites (tertiary alicyclic amines) is 1. The first-order valence-electron chi connectivity index (χ1n) is 11.4. The van der Waals surface area contributed by atoms with Gasteiger partial charge in [-0.15, -0.1) is 0 Å². The zero-order valence-electron chi connectivity index (χ0n) is 19.4. The van der Waals surface area contributed by atoms with Crippen molar-refractivity contribution in [3.63, 3.8) is 0 Å². The monoisotopic (exact) mass is 436 g/mol. The van der Waals surface area contributed by atoms with E-state index in [9.17, 15) is 9.59 Å². The first-order chi connectivity index (χ1) is 15.3. The molecule has 1 aromatic carbocycles. The molecule has 8 nitrogen and oxygen atoms in total. The van der Waals surface area contributed by atoms with E-state index in [0.29, 0.717) is 38.2 Å². The highest BCUT2D eigenvalue weighted by molar-refractivity contribution is 5.98. The lowest BCUT2D eigenvalue weighted by Gasteiger charge is -2.43. The van der Waals surface area contributed by atoms with Crippen LogP contribution in [0.15, 0.2) is 24.4 Å². The summed E-state index contributed by atoms with van der Waals surface area (Å²) in [6.07, 6.45) is 4.84. The van der Waals surface area contributed by atoms with Gasteiger partial charge in [-0.05, 0) is 76.3 Å². The molecule has 2 N–H and O–H groups in total. The molecule has 4 rings (SSSR count). The summed E-state index contributed by atoms with van der Waals surface area (Å²) in [5.41, 5.74) is 3.89. The maximum atomic E-state index is 13.2. The Hall–Kier alpha value is -3.16. The smallest absolute Gasteiger partial charge is 0.275 e. The number of benzene rings is 1. The quantitative estimate of drug-likeness (QED) is 0.620. The van der Waals surface area contributed by atoms with Crippen LogP contribution >= 0.6 is 0 Å². The van der Waals surface area contributed by atoms with Crippen molar-refractivity contribution in [3.05, 3.63) is 47.0 Å². The van der Waals surface area contributed by atoms with Gasteiger partial charge in [0.05, 0.1) is 11.0 Å². The third kappa shape index (κ3) is 4.13. The van der Waals surface area contributed by atoms with Crippen molar-refractivity contribution in [2.75, 3.05) is 13.1 Å². The van der Waals surface area contributed by atoms with Gasteiger partial charge < -0.3 is 15.2 Å². The Kier molecular flexibility index (Phi) is 6.04. The number of H-pyrrole nitrogens is 1. The zero-order chi connectivity index (χ0) is 22.9. The van der Waals surface area contributed by atoms with E-state index in [2.05, 4.69) is 46.4 Å². The molecule has 3 heterocycles. The first kappa shape index (κ1) is 22.0. The molecule has 0 aliphatic carbocycles. The van der Waals surface area contributed by atoms with Crippen molar-refractivity contribution >= 4 is 22.8 Å². The van der Waals surface area contributed by atoms with Crippen LogP contribution in [0.1, 0.15) is 60.5 Å². The number of rotatable bonds is 6. The highest BCUT2D eigenvalue weighted by Crippen LogP contribution is 2.29. The average Bonchev–Trinajstić information content (AvgIpc) is 3.40. The molecule has 0 saturated carbocycles. The van der Waals surface area contributed by atoms with Crippen LogP contribution in [0.5, 0.6) is 0 Å². The predicted molar refractivity (Wildman–Crippen MR) is 123 cm³/mol. The van der Waals surface area contributed by atoms with Gasteiger partial charge in [-0.25, -0.2) is 4.98 Å². The van der Waals surface area contributed by atoms with Gasteiger partial charge in [0.2, 0.25) is 5.91 Å². The van der Waals surface area contributed by atoms with Crippen LogP contribution in [-0.4, -0.2) is 55.1 Å². The summed E-state index contributed by atoms with van der Waals surface area (Å²) in [5, 5.41) is 7.39. The molecule has 0 bridgehead atoms. The molecule has 1 fully saturated rings. The lowest BCUT2D eigenvalue weighted by Crippen LogP contribution is -2.61. The maximum Gasteiger partial charge on any atom is 0.275 e. The van der Waals surface area contributed by atoms with Crippen molar-refractivity contribution in [2.24, 2.45) is 0 Å². The predicted octanol–water partition coefficient (Wildman–Crippen LogP) is 3.14. The molecule has 1 unspecified atom stereocenters. The van der Waals surface area contributed by atoms with Crippen LogP contribution in [0.25, 0.3) is 11.0 Å². The van der Waals surface area contributed by atoms with Gasteiger partial charge in [0.25, 0.3) is 5.91 Å². The number of fused-ring (bicyclic) bond motifs is 1. The Morgan fingerprint density at radius 2 is 2.00 bits per heavy atom. The standard InChI is InChI=1S/C24H32N6O2/c1-5-29-13-9-18(28-29)22(31)30-12-7-6-10-24(30,4)23(32)25-11-8-21-26-19-14-16(2)17(3)15-20(19)27-21/h9,13-15H,5-8,10-12H2,1-4H3,(H,25,32)(H,26,27). The number of imidazole rings is 1. The number of amides is 2. The van der Waals surface area contributed by atoms with E-state index in [4.69, 9.17) is 0 Å². The molecular weight excluding hydrogens is 404 g/mol. The number of piperidine rings is 1. The van der Waals surface area contributed by atoms with Crippen molar-refractivity contribution < 1.29 is 9.59 Å². The number of aromatic amines is 1. The number of hydrogen-bond acceptors (Lipinski definition) is 4. The van der Waals surface area contributed by atoms with Crippen LogP contribution in [0.2, 0.25) is 0 Å². The zero-order valence-corrected chi connectivity index (χ0v) is 19.4. The van der Waals surface area contributed by atoms with E-state index < -0.39 is 5.54 Å². The maximum absolute atomic E-state index is 13.2. The summed E-state index contributed by atoms with van der Waals surface area (Å²) < 4.78 is 1.73. The SMILES string of the molecule is CCn1ccc(C(=O)N2CCCCC2(C)C(=O)NCCc2nc3cc(C)c(C)cc3[nH]2)n1. The third-order valence-electron chi connectivity index (χ3n) is 6.60. The van der Waals surface area contributed by atoms with Crippen molar-refractivity contribution in [1.29, 1.82) is 0 Å². The molecule has 3 aromatic rings. The van der Waals surface area contributed by atoms with E-state index in [1.54, 1.807) is 21.8 Å². The second kappa shape index (κ2) is 8.76. The van der Waals surface area contributed by atoms with Gasteiger partial charge in [0.15, 0.2) is 0 Å². The van der Waals surface area contributed by atoms with Crippen molar-refractivity contribution in [3.8, 4) is 0 Å². The number of carbonyl (C=O) groups excluding carboxylic acids is 2. The Balaban J connectivity index is 1.43. The molecule has 0 spiro atoms. The molecule has 170 valence electrons. The first-order valence-corrected chi connectivity index (χ1v) is 11.4. The van der Waals surface area contributed by atoms with Gasteiger partial charge in [0.1, 0.15) is 17.1 Å². The molecule has 2 aromatic heterocycles. The number of nitrogens with one attached hydrogen (secondary N) is 2. The van der Waals surface area contributed by atoms with Gasteiger partial charge in [-0.3, -0.25) is 14.3 Å². The van der Waals surface area contributed by atoms with E-state index in [1.807, 2.05) is 13.8 Å². The minimum atomic E-state index is -0.882. The highest BCUT2D eigenvalue weighted by atomic mass is 16.2. The minimum Gasteiger partial charge on any atom is -0.354 e. The van der Waals surface area contributed by atoms with Crippen molar-refractivity contribution in [2.45, 2.75) is 65.5 Å². The van der Waals surface area contributed by atoms with Gasteiger partial charge in [-0.2, -0.15) is 5.10 Å². The molecule has 8 heteroatoms. The fourth-order valence-corrected chi connectivity index (χ4v) is 4.40. The van der Waals surface area contributed by atoms with E-state index in [-0.39, 0.29) is 11.8 Å². The molecule has 1 atom stereocenters. The fourth-order valence-electron chi connectivity index (χ4n) is 4.40. The van der Waals surface area contributed by atoms with Crippen LogP contribution in [0.4, 0.5) is 0 Å². The fraction of sp³-hybridized carbons (Fsp3) is 0.500. The summed E-state index contributed by atoms with van der Waals surface area (Å²) in [5.74, 6) is 0.540. The second-order valence-electron chi connectivity index (χ2n) is 8.89. The van der Waals surface area contributed by atoms with Gasteiger partial charge in [-0.1, -0.05) is 0 Å². The summed E-state index contributed by atoms with van der Waals surface area (Å²) in [4.78, 5) is 36.1. The second-order valence-corrected chi connectivity index (χ2v) is 8.89. The van der Waals surface area contributed by atoms with Crippen LogP contribution < -0.4 is 5.32 Å². The lowest BCUT2D eigenvalue weighted by molar-refractivity contribution is -0.133. The van der Waals surface area contributed by atoms with Crippen LogP contribution in [0, 0.1) is 13.8 Å². The molecule has 0 radical (unpaired) electrons. The number of nitrogens with zero attached hydrogens (tertiary/aromatic N) is 4. The summed E-state index contributed by atoms with van der Waals surface area (Å²) >= 11 is 0. The Bertz CT molecular complexity index is 1110. The van der Waals surface area contributed by atoms with E-state index >= 15 is 0 Å². The van der Waals surface area contributed by atoms with Crippen molar-refractivity contribution in [1.82, 2.24) is 30.0 Å². The third-order valence-corrected chi connectivity index (χ3v) is 6.60. The molecule has 32 heavy (non-hydrogen) atoms. The number of carbonyl (C=O) groups is 2. The van der Waals surface area contributed by atoms with Gasteiger partial charge in [0, 0.05) is 32.3 Å². The topological polar surface area (TPSA) is 95.9 Å². The summed E-state index contributed by atoms with van der Waals surface area (Å²) in [7, 11) is 0. The highest BCUT2D eigenvalue weighted by Gasteiger charge is 2.44. The van der Waals surface area contributed by atoms with E-state index in [1.165, 1.54) is 11.1 Å².